The van der Waals surface area contributed by atoms with Crippen molar-refractivity contribution in [1.29, 1.82) is 0 Å². The number of rotatable bonds is 2. The summed E-state index contributed by atoms with van der Waals surface area (Å²) < 4.78 is 0. The summed E-state index contributed by atoms with van der Waals surface area (Å²) >= 11 is 0. The lowest BCUT2D eigenvalue weighted by atomic mass is 9.92. The van der Waals surface area contributed by atoms with Gasteiger partial charge in [0.2, 0.25) is 0 Å². The molecule has 2 N–H and O–H groups in total. The van der Waals surface area contributed by atoms with Gasteiger partial charge in [0.15, 0.2) is 0 Å². The summed E-state index contributed by atoms with van der Waals surface area (Å²) in [7, 11) is 0. The fourth-order valence-corrected chi connectivity index (χ4v) is 2.25. The minimum atomic E-state index is 0.432. The van der Waals surface area contributed by atoms with Crippen molar-refractivity contribution in [3.05, 3.63) is 0 Å². The van der Waals surface area contributed by atoms with E-state index in [1.807, 2.05) is 0 Å². The molecule has 0 bridgehead atoms. The highest BCUT2D eigenvalue weighted by Gasteiger charge is 2.66. The van der Waals surface area contributed by atoms with E-state index in [1.54, 1.807) is 0 Å². The second-order valence-corrected chi connectivity index (χ2v) is 4.02. The zero-order valence-electron chi connectivity index (χ0n) is 7.57. The number of hydrogen-bond donors (Lipinski definition) is 1. The third kappa shape index (κ3) is 0.619. The van der Waals surface area contributed by atoms with Gasteiger partial charge in [-0.1, -0.05) is 27.7 Å². The van der Waals surface area contributed by atoms with Crippen LogP contribution in [-0.2, 0) is 0 Å². The van der Waals surface area contributed by atoms with E-state index < -0.39 is 0 Å². The Hall–Kier alpha value is -0.0400. The molecule has 0 aromatic rings. The van der Waals surface area contributed by atoms with Crippen molar-refractivity contribution >= 4 is 0 Å². The van der Waals surface area contributed by atoms with Gasteiger partial charge in [0.05, 0.1) is 0 Å². The molecule has 0 spiro atoms. The maximum atomic E-state index is 6.00. The van der Waals surface area contributed by atoms with Gasteiger partial charge in [-0.2, -0.15) is 0 Å². The summed E-state index contributed by atoms with van der Waals surface area (Å²) in [5.41, 5.74) is 6.86. The van der Waals surface area contributed by atoms with Gasteiger partial charge in [-0.15, -0.1) is 0 Å². The standard InChI is InChI=1S/C9H19N/c1-5-8(3)7(10)9(8,4)6-2/h7H,5-6,10H2,1-4H3. The molecule has 1 nitrogen and oxygen atoms in total. The largest absolute Gasteiger partial charge is 0.327 e. The summed E-state index contributed by atoms with van der Waals surface area (Å²) in [6.07, 6.45) is 2.44. The molecule has 1 saturated carbocycles. The predicted octanol–water partition coefficient (Wildman–Crippen LogP) is 2.16. The average molecular weight is 141 g/mol. The van der Waals surface area contributed by atoms with E-state index in [-0.39, 0.29) is 0 Å². The lowest BCUT2D eigenvalue weighted by Crippen LogP contribution is -2.09. The molecule has 0 amide bonds. The van der Waals surface area contributed by atoms with E-state index in [0.717, 1.165) is 0 Å². The molecule has 0 aliphatic heterocycles. The van der Waals surface area contributed by atoms with Gasteiger partial charge < -0.3 is 5.73 Å². The Morgan fingerprint density at radius 1 is 1.10 bits per heavy atom. The van der Waals surface area contributed by atoms with Gasteiger partial charge in [0, 0.05) is 6.04 Å². The minimum absolute atomic E-state index is 0.432. The van der Waals surface area contributed by atoms with Gasteiger partial charge >= 0.3 is 0 Å². The smallest absolute Gasteiger partial charge is 0.0159 e. The number of nitrogens with two attached hydrogens (primary N) is 1. The van der Waals surface area contributed by atoms with Gasteiger partial charge in [-0.05, 0) is 23.7 Å². The van der Waals surface area contributed by atoms with Crippen LogP contribution in [0.2, 0.25) is 0 Å². The van der Waals surface area contributed by atoms with Crippen LogP contribution in [-0.4, -0.2) is 6.04 Å². The van der Waals surface area contributed by atoms with Crippen molar-refractivity contribution in [2.24, 2.45) is 16.6 Å². The van der Waals surface area contributed by atoms with Gasteiger partial charge in [-0.3, -0.25) is 0 Å². The van der Waals surface area contributed by atoms with Gasteiger partial charge in [0.25, 0.3) is 0 Å². The Labute approximate surface area is 64.0 Å². The van der Waals surface area contributed by atoms with Crippen LogP contribution >= 0.6 is 0 Å². The Morgan fingerprint density at radius 3 is 1.50 bits per heavy atom. The highest BCUT2D eigenvalue weighted by Crippen LogP contribution is 2.65. The summed E-state index contributed by atoms with van der Waals surface area (Å²) in [5.74, 6) is 0. The summed E-state index contributed by atoms with van der Waals surface area (Å²) in [6, 6.07) is 0.440. The lowest BCUT2D eigenvalue weighted by Gasteiger charge is -2.12. The second-order valence-electron chi connectivity index (χ2n) is 4.02. The van der Waals surface area contributed by atoms with Crippen molar-refractivity contribution in [2.45, 2.75) is 46.6 Å². The van der Waals surface area contributed by atoms with E-state index >= 15 is 0 Å². The molecule has 1 heteroatoms. The number of hydrogen-bond acceptors (Lipinski definition) is 1. The van der Waals surface area contributed by atoms with E-state index in [0.29, 0.717) is 16.9 Å². The van der Waals surface area contributed by atoms with E-state index in [4.69, 9.17) is 5.73 Å². The van der Waals surface area contributed by atoms with Crippen LogP contribution in [0.4, 0.5) is 0 Å². The average Bonchev–Trinajstić information content (AvgIpc) is 2.38. The summed E-state index contributed by atoms with van der Waals surface area (Å²) in [5, 5.41) is 0. The third-order valence-electron chi connectivity index (χ3n) is 4.06. The topological polar surface area (TPSA) is 26.0 Å². The Balaban J connectivity index is 2.71. The van der Waals surface area contributed by atoms with Crippen LogP contribution in [0.3, 0.4) is 0 Å². The van der Waals surface area contributed by atoms with Crippen LogP contribution in [0.15, 0.2) is 0 Å². The molecule has 0 aromatic carbocycles. The Bertz CT molecular complexity index is 128. The molecule has 1 aliphatic carbocycles. The van der Waals surface area contributed by atoms with Crippen molar-refractivity contribution in [3.63, 3.8) is 0 Å². The van der Waals surface area contributed by atoms with Gasteiger partial charge in [-0.25, -0.2) is 0 Å². The molecule has 2 atom stereocenters. The first-order valence-electron chi connectivity index (χ1n) is 4.28. The maximum absolute atomic E-state index is 6.00. The molecule has 0 aromatic heterocycles. The molecular formula is C9H19N. The fourth-order valence-electron chi connectivity index (χ4n) is 2.25. The first-order valence-corrected chi connectivity index (χ1v) is 4.28. The molecular weight excluding hydrogens is 122 g/mol. The summed E-state index contributed by atoms with van der Waals surface area (Å²) in [4.78, 5) is 0. The zero-order valence-corrected chi connectivity index (χ0v) is 7.57. The van der Waals surface area contributed by atoms with E-state index in [9.17, 15) is 0 Å². The minimum Gasteiger partial charge on any atom is -0.327 e. The van der Waals surface area contributed by atoms with Crippen LogP contribution in [0.5, 0.6) is 0 Å². The molecule has 0 radical (unpaired) electrons. The predicted molar refractivity (Wildman–Crippen MR) is 44.8 cm³/mol. The maximum Gasteiger partial charge on any atom is 0.0159 e. The van der Waals surface area contributed by atoms with E-state index in [2.05, 4.69) is 27.7 Å². The molecule has 1 rings (SSSR count). The molecule has 0 heterocycles. The monoisotopic (exact) mass is 141 g/mol. The molecule has 60 valence electrons. The molecule has 2 unspecified atom stereocenters. The normalized spacial score (nSPS) is 53.1. The van der Waals surface area contributed by atoms with Crippen LogP contribution < -0.4 is 5.73 Å². The molecule has 10 heavy (non-hydrogen) atoms. The van der Waals surface area contributed by atoms with Gasteiger partial charge in [0.1, 0.15) is 0 Å². The SMILES string of the molecule is CCC1(C)C(N)C1(C)CC. The highest BCUT2D eigenvalue weighted by molar-refractivity contribution is 5.19. The second kappa shape index (κ2) is 1.97. The molecule has 1 aliphatic rings. The van der Waals surface area contributed by atoms with Crippen molar-refractivity contribution in [2.75, 3.05) is 0 Å². The quantitative estimate of drug-likeness (QED) is 0.626. The van der Waals surface area contributed by atoms with Crippen molar-refractivity contribution < 1.29 is 0 Å². The Morgan fingerprint density at radius 2 is 1.40 bits per heavy atom. The Kier molecular flexibility index (Phi) is 1.59. The van der Waals surface area contributed by atoms with Crippen LogP contribution in [0.1, 0.15) is 40.5 Å². The van der Waals surface area contributed by atoms with Crippen molar-refractivity contribution in [1.82, 2.24) is 0 Å². The first kappa shape index (κ1) is 8.06. The zero-order chi connectivity index (χ0) is 7.99. The van der Waals surface area contributed by atoms with Crippen LogP contribution in [0, 0.1) is 10.8 Å². The molecule has 0 saturated heterocycles. The first-order chi connectivity index (χ1) is 4.53. The molecule has 1 fully saturated rings. The highest BCUT2D eigenvalue weighted by atomic mass is 14.9. The lowest BCUT2D eigenvalue weighted by molar-refractivity contribution is 0.367. The third-order valence-corrected chi connectivity index (χ3v) is 4.06. The van der Waals surface area contributed by atoms with Crippen molar-refractivity contribution in [3.8, 4) is 0 Å². The summed E-state index contributed by atoms with van der Waals surface area (Å²) in [6.45, 7) is 9.09. The van der Waals surface area contributed by atoms with E-state index in [1.165, 1.54) is 12.8 Å². The fraction of sp³-hybridized carbons (Fsp3) is 1.00. The van der Waals surface area contributed by atoms with Crippen LogP contribution in [0.25, 0.3) is 0 Å².